The zero-order valence-electron chi connectivity index (χ0n) is 8.52. The molecule has 0 aliphatic rings. The van der Waals surface area contributed by atoms with Crippen molar-refractivity contribution in [2.45, 2.75) is 27.2 Å². The van der Waals surface area contributed by atoms with Gasteiger partial charge in [-0.1, -0.05) is 19.1 Å². The van der Waals surface area contributed by atoms with E-state index in [1.165, 1.54) is 0 Å². The summed E-state index contributed by atoms with van der Waals surface area (Å²) in [6.45, 7) is 9.90. The molecule has 0 saturated carbocycles. The Morgan fingerprint density at radius 2 is 2.08 bits per heavy atom. The predicted octanol–water partition coefficient (Wildman–Crippen LogP) is 3.30. The van der Waals surface area contributed by atoms with Crippen molar-refractivity contribution in [1.29, 1.82) is 0 Å². The minimum atomic E-state index is 0.377. The lowest BCUT2D eigenvalue weighted by Gasteiger charge is -2.10. The average Bonchev–Trinajstić information content (AvgIpc) is 2.08. The number of allylic oxidation sites excluding steroid dienone is 1. The van der Waals surface area contributed by atoms with E-state index in [4.69, 9.17) is 0 Å². The molecule has 0 unspecified atom stereocenters. The topological polar surface area (TPSA) is 20.2 Å². The Balaban J connectivity index is 3.33. The van der Waals surface area contributed by atoms with Gasteiger partial charge in [0, 0.05) is 0 Å². The van der Waals surface area contributed by atoms with Crippen LogP contribution in [0.15, 0.2) is 18.7 Å². The van der Waals surface area contributed by atoms with E-state index in [-0.39, 0.29) is 0 Å². The van der Waals surface area contributed by atoms with Gasteiger partial charge >= 0.3 is 0 Å². The van der Waals surface area contributed by atoms with Gasteiger partial charge in [0.15, 0.2) is 0 Å². The van der Waals surface area contributed by atoms with E-state index in [0.717, 1.165) is 28.7 Å². The lowest BCUT2D eigenvalue weighted by Crippen LogP contribution is -1.91. The Morgan fingerprint density at radius 3 is 2.54 bits per heavy atom. The van der Waals surface area contributed by atoms with Crippen molar-refractivity contribution in [3.8, 4) is 5.75 Å². The minimum absolute atomic E-state index is 0.377. The highest BCUT2D eigenvalue weighted by Crippen LogP contribution is 2.26. The van der Waals surface area contributed by atoms with E-state index in [2.05, 4.69) is 13.5 Å². The lowest BCUT2D eigenvalue weighted by molar-refractivity contribution is 0.470. The van der Waals surface area contributed by atoms with Crippen LogP contribution in [0, 0.1) is 6.92 Å². The van der Waals surface area contributed by atoms with Crippen LogP contribution in [-0.4, -0.2) is 5.11 Å². The highest BCUT2D eigenvalue weighted by atomic mass is 16.3. The third kappa shape index (κ3) is 1.92. The van der Waals surface area contributed by atoms with Gasteiger partial charge in [0.05, 0.1) is 0 Å². The van der Waals surface area contributed by atoms with E-state index in [9.17, 15) is 5.11 Å². The molecule has 0 bridgehead atoms. The highest BCUT2D eigenvalue weighted by Gasteiger charge is 2.05. The van der Waals surface area contributed by atoms with Crippen LogP contribution in [-0.2, 0) is 6.42 Å². The van der Waals surface area contributed by atoms with Crippen molar-refractivity contribution in [1.82, 2.24) is 0 Å². The largest absolute Gasteiger partial charge is 0.508 e. The summed E-state index contributed by atoms with van der Waals surface area (Å²) < 4.78 is 0. The standard InChI is InChI=1S/C12H16O/c1-5-10-7-12(13)9(4)6-11(10)8(2)3/h6-7,13H,2,5H2,1,3-4H3. The van der Waals surface area contributed by atoms with Crippen LogP contribution in [0.25, 0.3) is 5.57 Å². The Kier molecular flexibility index (Phi) is 2.76. The summed E-state index contributed by atoms with van der Waals surface area (Å²) in [6, 6.07) is 3.83. The molecule has 1 nitrogen and oxygen atoms in total. The van der Waals surface area contributed by atoms with Crippen molar-refractivity contribution >= 4 is 5.57 Å². The molecule has 0 aromatic heterocycles. The van der Waals surface area contributed by atoms with Crippen molar-refractivity contribution in [3.63, 3.8) is 0 Å². The number of aromatic hydroxyl groups is 1. The average molecular weight is 176 g/mol. The first-order valence-electron chi connectivity index (χ1n) is 4.54. The molecule has 0 fully saturated rings. The van der Waals surface area contributed by atoms with Gasteiger partial charge in [-0.15, -0.1) is 0 Å². The van der Waals surface area contributed by atoms with Crippen LogP contribution >= 0.6 is 0 Å². The normalized spacial score (nSPS) is 10.1. The summed E-state index contributed by atoms with van der Waals surface area (Å²) in [5.74, 6) is 0.377. The van der Waals surface area contributed by atoms with Crippen LogP contribution in [0.2, 0.25) is 0 Å². The monoisotopic (exact) mass is 176 g/mol. The molecular formula is C12H16O. The number of rotatable bonds is 2. The number of phenolic OH excluding ortho intramolecular Hbond substituents is 1. The second-order valence-electron chi connectivity index (χ2n) is 3.43. The summed E-state index contributed by atoms with van der Waals surface area (Å²) in [6.07, 6.45) is 0.927. The van der Waals surface area contributed by atoms with E-state index < -0.39 is 0 Å². The van der Waals surface area contributed by atoms with Crippen molar-refractivity contribution < 1.29 is 5.11 Å². The van der Waals surface area contributed by atoms with Crippen LogP contribution in [0.1, 0.15) is 30.5 Å². The summed E-state index contributed by atoms with van der Waals surface area (Å²) >= 11 is 0. The number of aryl methyl sites for hydroxylation is 2. The van der Waals surface area contributed by atoms with Gasteiger partial charge in [0.25, 0.3) is 0 Å². The van der Waals surface area contributed by atoms with E-state index >= 15 is 0 Å². The predicted molar refractivity (Wildman–Crippen MR) is 56.9 cm³/mol. The smallest absolute Gasteiger partial charge is 0.118 e. The second kappa shape index (κ2) is 3.65. The number of benzene rings is 1. The molecule has 70 valence electrons. The molecule has 13 heavy (non-hydrogen) atoms. The molecule has 0 saturated heterocycles. The zero-order valence-corrected chi connectivity index (χ0v) is 8.52. The van der Waals surface area contributed by atoms with Gasteiger partial charge in [0.2, 0.25) is 0 Å². The molecule has 1 aromatic carbocycles. The fourth-order valence-corrected chi connectivity index (χ4v) is 1.43. The summed E-state index contributed by atoms with van der Waals surface area (Å²) in [4.78, 5) is 0. The van der Waals surface area contributed by atoms with Gasteiger partial charge in [-0.3, -0.25) is 0 Å². The van der Waals surface area contributed by atoms with E-state index in [1.54, 1.807) is 0 Å². The maximum atomic E-state index is 9.51. The maximum Gasteiger partial charge on any atom is 0.118 e. The van der Waals surface area contributed by atoms with Crippen molar-refractivity contribution in [3.05, 3.63) is 35.4 Å². The van der Waals surface area contributed by atoms with Crippen LogP contribution in [0.3, 0.4) is 0 Å². The fourth-order valence-electron chi connectivity index (χ4n) is 1.43. The molecule has 0 radical (unpaired) electrons. The van der Waals surface area contributed by atoms with Gasteiger partial charge in [-0.05, 0) is 49.1 Å². The summed E-state index contributed by atoms with van der Waals surface area (Å²) in [7, 11) is 0. The lowest BCUT2D eigenvalue weighted by atomic mass is 9.97. The quantitative estimate of drug-likeness (QED) is 0.733. The third-order valence-corrected chi connectivity index (χ3v) is 2.26. The van der Waals surface area contributed by atoms with Crippen molar-refractivity contribution in [2.75, 3.05) is 0 Å². The molecule has 0 amide bonds. The molecule has 0 atom stereocenters. The van der Waals surface area contributed by atoms with E-state index in [1.807, 2.05) is 26.0 Å². The number of hydrogen-bond acceptors (Lipinski definition) is 1. The number of hydrogen-bond donors (Lipinski definition) is 1. The molecule has 0 aliphatic heterocycles. The van der Waals surface area contributed by atoms with Crippen molar-refractivity contribution in [2.24, 2.45) is 0 Å². The van der Waals surface area contributed by atoms with Crippen LogP contribution in [0.4, 0.5) is 0 Å². The van der Waals surface area contributed by atoms with Crippen LogP contribution < -0.4 is 0 Å². The first kappa shape index (κ1) is 9.85. The van der Waals surface area contributed by atoms with Gasteiger partial charge < -0.3 is 5.11 Å². The Labute approximate surface area is 79.7 Å². The molecule has 0 heterocycles. The second-order valence-corrected chi connectivity index (χ2v) is 3.43. The highest BCUT2D eigenvalue weighted by molar-refractivity contribution is 5.66. The Morgan fingerprint density at radius 1 is 1.46 bits per heavy atom. The zero-order chi connectivity index (χ0) is 10.0. The SMILES string of the molecule is C=C(C)c1cc(C)c(O)cc1CC. The molecule has 0 aliphatic carbocycles. The fraction of sp³-hybridized carbons (Fsp3) is 0.333. The summed E-state index contributed by atoms with van der Waals surface area (Å²) in [5, 5.41) is 9.51. The molecule has 1 rings (SSSR count). The van der Waals surface area contributed by atoms with E-state index in [0.29, 0.717) is 5.75 Å². The first-order chi connectivity index (χ1) is 6.06. The Hall–Kier alpha value is -1.24. The Bertz CT molecular complexity index is 337. The van der Waals surface area contributed by atoms with Gasteiger partial charge in [0.1, 0.15) is 5.75 Å². The summed E-state index contributed by atoms with van der Waals surface area (Å²) in [5.41, 5.74) is 4.29. The van der Waals surface area contributed by atoms with Crippen LogP contribution in [0.5, 0.6) is 5.75 Å². The number of phenols is 1. The molecule has 1 aromatic rings. The van der Waals surface area contributed by atoms with Gasteiger partial charge in [-0.25, -0.2) is 0 Å². The maximum absolute atomic E-state index is 9.51. The molecule has 1 N–H and O–H groups in total. The molecular weight excluding hydrogens is 160 g/mol. The van der Waals surface area contributed by atoms with Gasteiger partial charge in [-0.2, -0.15) is 0 Å². The third-order valence-electron chi connectivity index (χ3n) is 2.26. The molecule has 0 spiro atoms. The molecule has 1 heteroatoms. The first-order valence-corrected chi connectivity index (χ1v) is 4.54. The minimum Gasteiger partial charge on any atom is -0.508 e.